The molecular formula is C23H22O8. The van der Waals surface area contributed by atoms with E-state index in [4.69, 9.17) is 28.1 Å². The van der Waals surface area contributed by atoms with Crippen LogP contribution in [-0.4, -0.2) is 40.0 Å². The summed E-state index contributed by atoms with van der Waals surface area (Å²) in [7, 11) is 4.49. The van der Waals surface area contributed by atoms with Crippen molar-refractivity contribution >= 4 is 16.9 Å². The third-order valence-electron chi connectivity index (χ3n) is 5.25. The summed E-state index contributed by atoms with van der Waals surface area (Å²) < 4.78 is 33.2. The number of fused-ring (bicyclic) bond motifs is 3. The molecule has 4 rings (SSSR count). The van der Waals surface area contributed by atoms with Gasteiger partial charge in [-0.2, -0.15) is 0 Å². The van der Waals surface area contributed by atoms with Crippen molar-refractivity contribution in [1.29, 1.82) is 0 Å². The van der Waals surface area contributed by atoms with Crippen LogP contribution in [0.15, 0.2) is 45.6 Å². The van der Waals surface area contributed by atoms with Crippen molar-refractivity contribution in [3.8, 4) is 23.0 Å². The average Bonchev–Trinajstić information content (AvgIpc) is 3.20. The van der Waals surface area contributed by atoms with E-state index >= 15 is 0 Å². The topological polar surface area (TPSA) is 93.4 Å². The fraction of sp³-hybridized carbons (Fsp3) is 0.304. The lowest BCUT2D eigenvalue weighted by Gasteiger charge is -2.21. The predicted molar refractivity (Wildman–Crippen MR) is 111 cm³/mol. The van der Waals surface area contributed by atoms with E-state index in [-0.39, 0.29) is 12.2 Å². The second-order valence-electron chi connectivity index (χ2n) is 6.85. The summed E-state index contributed by atoms with van der Waals surface area (Å²) in [6.45, 7) is 1.87. The van der Waals surface area contributed by atoms with Crippen LogP contribution < -0.4 is 24.6 Å². The van der Waals surface area contributed by atoms with Crippen molar-refractivity contribution < 1.29 is 32.9 Å². The van der Waals surface area contributed by atoms with Gasteiger partial charge < -0.3 is 28.1 Å². The zero-order chi connectivity index (χ0) is 22.1. The van der Waals surface area contributed by atoms with Crippen LogP contribution in [-0.2, 0) is 9.53 Å². The highest BCUT2D eigenvalue weighted by atomic mass is 16.6. The molecule has 0 bridgehead atoms. The quantitative estimate of drug-likeness (QED) is 0.438. The standard InChI is InChI=1S/C23H22O8/c1-5-29-23(25)21-18(13-10-16(27-3)17(28-4)11-15(13)26-2)19-20(31-21)12-8-6-7-9-14(12)30-22(19)24/h6-11,18,21H,5H2,1-4H3/t18-,21+/m1/s1. The van der Waals surface area contributed by atoms with Crippen molar-refractivity contribution in [2.24, 2.45) is 0 Å². The number of hydrogen-bond donors (Lipinski definition) is 0. The number of benzene rings is 2. The zero-order valence-electron chi connectivity index (χ0n) is 17.6. The molecule has 162 valence electrons. The third kappa shape index (κ3) is 3.34. The maximum absolute atomic E-state index is 13.0. The highest BCUT2D eigenvalue weighted by molar-refractivity contribution is 5.89. The molecule has 0 amide bonds. The van der Waals surface area contributed by atoms with Crippen LogP contribution in [0.5, 0.6) is 23.0 Å². The molecule has 31 heavy (non-hydrogen) atoms. The molecule has 0 unspecified atom stereocenters. The Morgan fingerprint density at radius 3 is 2.35 bits per heavy atom. The fourth-order valence-electron chi connectivity index (χ4n) is 3.90. The molecule has 0 saturated heterocycles. The molecule has 1 aliphatic heterocycles. The number of esters is 1. The van der Waals surface area contributed by atoms with Crippen LogP contribution in [0.25, 0.3) is 11.0 Å². The molecule has 1 aromatic heterocycles. The Labute approximate surface area is 178 Å². The summed E-state index contributed by atoms with van der Waals surface area (Å²) >= 11 is 0. The largest absolute Gasteiger partial charge is 0.496 e. The lowest BCUT2D eigenvalue weighted by molar-refractivity contribution is -0.151. The first-order chi connectivity index (χ1) is 15.0. The van der Waals surface area contributed by atoms with Gasteiger partial charge in [0.1, 0.15) is 17.1 Å². The summed E-state index contributed by atoms with van der Waals surface area (Å²) in [5.74, 6) is 0.140. The van der Waals surface area contributed by atoms with Gasteiger partial charge >= 0.3 is 11.6 Å². The van der Waals surface area contributed by atoms with E-state index in [1.165, 1.54) is 21.3 Å². The van der Waals surface area contributed by atoms with E-state index in [2.05, 4.69) is 0 Å². The minimum Gasteiger partial charge on any atom is -0.496 e. The SMILES string of the molecule is CCOC(=O)[C@H]1Oc2c(c(=O)oc3ccccc23)[C@H]1c1cc(OC)c(OC)cc1OC. The molecule has 2 atom stereocenters. The predicted octanol–water partition coefficient (Wildman–Crippen LogP) is 3.27. The number of rotatable bonds is 6. The molecular weight excluding hydrogens is 404 g/mol. The summed E-state index contributed by atoms with van der Waals surface area (Å²) in [5, 5.41) is 0.591. The highest BCUT2D eigenvalue weighted by Crippen LogP contribution is 2.49. The Balaban J connectivity index is 2.01. The zero-order valence-corrected chi connectivity index (χ0v) is 17.6. The van der Waals surface area contributed by atoms with Gasteiger partial charge in [-0.05, 0) is 25.1 Å². The minimum atomic E-state index is -1.10. The second kappa shape index (κ2) is 8.22. The molecule has 2 aromatic carbocycles. The van der Waals surface area contributed by atoms with Gasteiger partial charge in [-0.3, -0.25) is 0 Å². The first kappa shape index (κ1) is 20.6. The first-order valence-corrected chi connectivity index (χ1v) is 9.72. The van der Waals surface area contributed by atoms with Crippen LogP contribution in [0.3, 0.4) is 0 Å². The Hall–Kier alpha value is -3.68. The summed E-state index contributed by atoms with van der Waals surface area (Å²) in [6, 6.07) is 10.3. The average molecular weight is 426 g/mol. The Kier molecular flexibility index (Phi) is 5.46. The van der Waals surface area contributed by atoms with Gasteiger partial charge in [0, 0.05) is 11.6 Å². The minimum absolute atomic E-state index is 0.167. The molecule has 0 spiro atoms. The van der Waals surface area contributed by atoms with Crippen LogP contribution in [0, 0.1) is 0 Å². The molecule has 1 aliphatic rings. The molecule has 0 N–H and O–H groups in total. The normalized spacial score (nSPS) is 17.0. The lowest BCUT2D eigenvalue weighted by atomic mass is 9.87. The molecule has 0 radical (unpaired) electrons. The number of para-hydroxylation sites is 1. The van der Waals surface area contributed by atoms with Gasteiger partial charge in [-0.1, -0.05) is 12.1 Å². The summed E-state index contributed by atoms with van der Waals surface area (Å²) in [4.78, 5) is 25.9. The van der Waals surface area contributed by atoms with Gasteiger partial charge in [-0.25, -0.2) is 9.59 Å². The van der Waals surface area contributed by atoms with E-state index in [0.29, 0.717) is 39.5 Å². The summed E-state index contributed by atoms with van der Waals surface area (Å²) in [5.41, 5.74) is 0.512. The van der Waals surface area contributed by atoms with Crippen LogP contribution in [0.4, 0.5) is 0 Å². The van der Waals surface area contributed by atoms with E-state index < -0.39 is 23.6 Å². The smallest absolute Gasteiger partial charge is 0.348 e. The van der Waals surface area contributed by atoms with Crippen LogP contribution >= 0.6 is 0 Å². The molecule has 0 fully saturated rings. The number of hydrogen-bond acceptors (Lipinski definition) is 8. The molecule has 0 saturated carbocycles. The highest BCUT2D eigenvalue weighted by Gasteiger charge is 2.46. The number of carbonyl (C=O) groups excluding carboxylic acids is 1. The van der Waals surface area contributed by atoms with E-state index in [0.717, 1.165) is 0 Å². The maximum atomic E-state index is 13.0. The summed E-state index contributed by atoms with van der Waals surface area (Å²) in [6.07, 6.45) is -1.10. The number of carbonyl (C=O) groups is 1. The molecule has 3 aromatic rings. The molecule has 8 heteroatoms. The van der Waals surface area contributed by atoms with Gasteiger partial charge in [0.05, 0.1) is 44.8 Å². The van der Waals surface area contributed by atoms with Gasteiger partial charge in [-0.15, -0.1) is 0 Å². The van der Waals surface area contributed by atoms with E-state index in [1.54, 1.807) is 43.3 Å². The fourth-order valence-corrected chi connectivity index (χ4v) is 3.90. The number of ether oxygens (including phenoxy) is 5. The molecule has 0 aliphatic carbocycles. The van der Waals surface area contributed by atoms with Gasteiger partial charge in [0.2, 0.25) is 6.10 Å². The van der Waals surface area contributed by atoms with Gasteiger partial charge in [0.25, 0.3) is 0 Å². The number of methoxy groups -OCH3 is 3. The monoisotopic (exact) mass is 426 g/mol. The van der Waals surface area contributed by atoms with Crippen molar-refractivity contribution in [2.45, 2.75) is 18.9 Å². The maximum Gasteiger partial charge on any atom is 0.348 e. The third-order valence-corrected chi connectivity index (χ3v) is 5.25. The Morgan fingerprint density at radius 2 is 1.68 bits per heavy atom. The van der Waals surface area contributed by atoms with E-state index in [1.807, 2.05) is 0 Å². The van der Waals surface area contributed by atoms with Crippen molar-refractivity contribution in [3.63, 3.8) is 0 Å². The Bertz CT molecular complexity index is 1200. The van der Waals surface area contributed by atoms with Crippen molar-refractivity contribution in [2.75, 3.05) is 27.9 Å². The second-order valence-corrected chi connectivity index (χ2v) is 6.85. The Morgan fingerprint density at radius 1 is 1.00 bits per heavy atom. The van der Waals surface area contributed by atoms with Crippen molar-refractivity contribution in [3.05, 3.63) is 57.9 Å². The lowest BCUT2D eigenvalue weighted by Crippen LogP contribution is -2.32. The first-order valence-electron chi connectivity index (χ1n) is 9.72. The van der Waals surface area contributed by atoms with Crippen LogP contribution in [0.2, 0.25) is 0 Å². The van der Waals surface area contributed by atoms with Crippen molar-refractivity contribution in [1.82, 2.24) is 0 Å². The van der Waals surface area contributed by atoms with Crippen LogP contribution in [0.1, 0.15) is 24.0 Å². The van der Waals surface area contributed by atoms with E-state index in [9.17, 15) is 9.59 Å². The van der Waals surface area contributed by atoms with Gasteiger partial charge in [0.15, 0.2) is 11.5 Å². The molecule has 2 heterocycles. The molecule has 8 nitrogen and oxygen atoms in total.